The lowest BCUT2D eigenvalue weighted by molar-refractivity contribution is 0.563. The van der Waals surface area contributed by atoms with E-state index in [0.717, 1.165) is 6.34 Å². The van der Waals surface area contributed by atoms with E-state index in [0.29, 0.717) is 0 Å². The highest BCUT2D eigenvalue weighted by molar-refractivity contribution is 5.51. The van der Waals surface area contributed by atoms with Crippen molar-refractivity contribution < 1.29 is 4.79 Å². The predicted molar refractivity (Wildman–Crippen MR) is 20.8 cm³/mol. The van der Waals surface area contributed by atoms with Crippen LogP contribution in [0.25, 0.3) is 0 Å². The Hall–Kier alpha value is -1.15. The molecule has 0 amide bonds. The van der Waals surface area contributed by atoms with Crippen molar-refractivity contribution in [2.45, 2.75) is 0 Å². The smallest absolute Gasteiger partial charge is 0.260 e. The zero-order chi connectivity index (χ0) is 4.83. The molecule has 0 aliphatic heterocycles. The summed E-state index contributed by atoms with van der Waals surface area (Å²) in [6.45, 7) is 0. The second-order valence-corrected chi connectivity index (χ2v) is 0.456. The van der Waals surface area contributed by atoms with E-state index in [1.54, 1.807) is 0 Å². The molecule has 6 heavy (non-hydrogen) atoms. The van der Waals surface area contributed by atoms with E-state index in [9.17, 15) is 0 Å². The van der Waals surface area contributed by atoms with Crippen LogP contribution in [-0.2, 0) is 4.79 Å². The number of nitrogens with two attached hydrogens (primary N) is 1. The molecular weight excluding hydrogens is 82.0 g/mol. The minimum absolute atomic E-state index is 0.908. The van der Waals surface area contributed by atoms with E-state index < -0.39 is 0 Å². The minimum atomic E-state index is 0.908. The van der Waals surface area contributed by atoms with Crippen molar-refractivity contribution in [1.82, 2.24) is 0 Å². The van der Waals surface area contributed by atoms with Gasteiger partial charge in [0.05, 0.1) is 0 Å². The Balaban J connectivity index is 3.33. The molecule has 0 aromatic carbocycles. The van der Waals surface area contributed by atoms with Gasteiger partial charge in [0, 0.05) is 0 Å². The SMILES string of the molecule is NC=NN=C=O. The third-order valence-corrected chi connectivity index (χ3v) is 0.165. The fourth-order valence-corrected chi connectivity index (χ4v) is 0.0569. The van der Waals surface area contributed by atoms with Crippen LogP contribution in [0.4, 0.5) is 0 Å². The van der Waals surface area contributed by atoms with Crippen molar-refractivity contribution in [2.24, 2.45) is 15.9 Å². The molecule has 0 aliphatic rings. The van der Waals surface area contributed by atoms with Crippen LogP contribution in [0, 0.1) is 0 Å². The summed E-state index contributed by atoms with van der Waals surface area (Å²) in [4.78, 5) is 9.10. The number of hydrogen-bond acceptors (Lipinski definition) is 3. The summed E-state index contributed by atoms with van der Waals surface area (Å²) in [6, 6.07) is 0. The Morgan fingerprint density at radius 1 is 1.83 bits per heavy atom. The van der Waals surface area contributed by atoms with Gasteiger partial charge < -0.3 is 5.73 Å². The van der Waals surface area contributed by atoms with E-state index in [2.05, 4.69) is 15.9 Å². The highest BCUT2D eigenvalue weighted by Crippen LogP contribution is 1.53. The standard InChI is InChI=1S/C2H3N3O/c3-1-4-5-2-6/h1H,(H2,3,4). The van der Waals surface area contributed by atoms with E-state index in [1.165, 1.54) is 6.08 Å². The monoisotopic (exact) mass is 85.0 g/mol. The van der Waals surface area contributed by atoms with Gasteiger partial charge in [-0.2, -0.15) is 0 Å². The van der Waals surface area contributed by atoms with Gasteiger partial charge in [-0.1, -0.05) is 5.10 Å². The molecule has 0 saturated carbocycles. The number of nitrogens with zero attached hydrogens (tertiary/aromatic N) is 2. The topological polar surface area (TPSA) is 67.8 Å². The third-order valence-electron chi connectivity index (χ3n) is 0.165. The summed E-state index contributed by atoms with van der Waals surface area (Å²) in [5.74, 6) is 0. The Bertz CT molecular complexity index is 91.0. The summed E-state index contributed by atoms with van der Waals surface area (Å²) in [6.07, 6.45) is 2.07. The first-order valence-electron chi connectivity index (χ1n) is 1.22. The highest BCUT2D eigenvalue weighted by atomic mass is 16.1. The zero-order valence-electron chi connectivity index (χ0n) is 2.96. The summed E-state index contributed by atoms with van der Waals surface area (Å²) < 4.78 is 0. The van der Waals surface area contributed by atoms with Crippen molar-refractivity contribution in [3.8, 4) is 0 Å². The number of isocyanates is 1. The first-order valence-corrected chi connectivity index (χ1v) is 1.22. The zero-order valence-corrected chi connectivity index (χ0v) is 2.96. The van der Waals surface area contributed by atoms with Crippen molar-refractivity contribution in [1.29, 1.82) is 0 Å². The van der Waals surface area contributed by atoms with Crippen LogP contribution in [0.1, 0.15) is 0 Å². The summed E-state index contributed by atoms with van der Waals surface area (Å²) in [5, 5.41) is 5.67. The number of rotatable bonds is 1. The Morgan fingerprint density at radius 2 is 2.50 bits per heavy atom. The number of carbonyl (C=O) groups excluding carboxylic acids is 1. The van der Waals surface area contributed by atoms with Crippen molar-refractivity contribution in [3.63, 3.8) is 0 Å². The summed E-state index contributed by atoms with van der Waals surface area (Å²) in [5.41, 5.74) is 4.65. The first-order chi connectivity index (χ1) is 2.91. The quantitative estimate of drug-likeness (QED) is 0.196. The third kappa shape index (κ3) is 2.85. The molecule has 0 rings (SSSR count). The van der Waals surface area contributed by atoms with E-state index >= 15 is 0 Å². The molecule has 4 heteroatoms. The highest BCUT2D eigenvalue weighted by Gasteiger charge is 1.48. The lowest BCUT2D eigenvalue weighted by Crippen LogP contribution is -1.84. The molecule has 0 heterocycles. The molecule has 4 nitrogen and oxygen atoms in total. The largest absolute Gasteiger partial charge is 0.388 e. The Morgan fingerprint density at radius 3 is 2.67 bits per heavy atom. The van der Waals surface area contributed by atoms with Gasteiger partial charge in [0.2, 0.25) is 0 Å². The Labute approximate surface area is 34.4 Å². The molecule has 0 saturated heterocycles. The molecule has 2 N–H and O–H groups in total. The molecule has 0 fully saturated rings. The molecule has 0 aromatic rings. The molecule has 0 bridgehead atoms. The van der Waals surface area contributed by atoms with Gasteiger partial charge in [0.15, 0.2) is 0 Å². The fourth-order valence-electron chi connectivity index (χ4n) is 0.0569. The van der Waals surface area contributed by atoms with Crippen LogP contribution in [0.5, 0.6) is 0 Å². The van der Waals surface area contributed by atoms with Crippen LogP contribution in [0.15, 0.2) is 10.2 Å². The molecular formula is C2H3N3O. The van der Waals surface area contributed by atoms with Crippen molar-refractivity contribution in [3.05, 3.63) is 0 Å². The molecule has 0 spiro atoms. The maximum Gasteiger partial charge on any atom is 0.260 e. The van der Waals surface area contributed by atoms with Crippen LogP contribution in [-0.4, -0.2) is 12.4 Å². The molecule has 32 valence electrons. The van der Waals surface area contributed by atoms with Crippen molar-refractivity contribution >= 4 is 12.4 Å². The lowest BCUT2D eigenvalue weighted by atomic mass is 11.4. The van der Waals surface area contributed by atoms with Gasteiger partial charge in [-0.15, -0.1) is 5.10 Å². The number of hydrogen-bond donors (Lipinski definition) is 1. The molecule has 0 unspecified atom stereocenters. The van der Waals surface area contributed by atoms with E-state index in [-0.39, 0.29) is 0 Å². The molecule has 0 aliphatic carbocycles. The fraction of sp³-hybridized carbons (Fsp3) is 0. The van der Waals surface area contributed by atoms with Crippen molar-refractivity contribution in [2.75, 3.05) is 0 Å². The maximum absolute atomic E-state index is 9.10. The van der Waals surface area contributed by atoms with Gasteiger partial charge in [-0.3, -0.25) is 0 Å². The van der Waals surface area contributed by atoms with Gasteiger partial charge in [-0.05, 0) is 0 Å². The predicted octanol–water partition coefficient (Wildman–Crippen LogP) is -0.776. The second-order valence-electron chi connectivity index (χ2n) is 0.456. The molecule has 0 radical (unpaired) electrons. The van der Waals surface area contributed by atoms with Crippen LogP contribution < -0.4 is 5.73 Å². The van der Waals surface area contributed by atoms with Gasteiger partial charge in [-0.25, -0.2) is 4.79 Å². The van der Waals surface area contributed by atoms with Crippen LogP contribution in [0.3, 0.4) is 0 Å². The minimum Gasteiger partial charge on any atom is -0.388 e. The molecule has 0 aromatic heterocycles. The van der Waals surface area contributed by atoms with Crippen LogP contribution in [0.2, 0.25) is 0 Å². The van der Waals surface area contributed by atoms with Gasteiger partial charge in [0.1, 0.15) is 6.34 Å². The average molecular weight is 85.1 g/mol. The summed E-state index contributed by atoms with van der Waals surface area (Å²) >= 11 is 0. The van der Waals surface area contributed by atoms with Gasteiger partial charge >= 0.3 is 0 Å². The first kappa shape index (κ1) is 4.85. The normalized spacial score (nSPS) is 8.00. The summed E-state index contributed by atoms with van der Waals surface area (Å²) in [7, 11) is 0. The van der Waals surface area contributed by atoms with E-state index in [4.69, 9.17) is 4.79 Å². The van der Waals surface area contributed by atoms with E-state index in [1.807, 2.05) is 0 Å². The van der Waals surface area contributed by atoms with Gasteiger partial charge in [0.25, 0.3) is 6.08 Å². The average Bonchev–Trinajstić information content (AvgIpc) is 1.61. The lowest BCUT2D eigenvalue weighted by Gasteiger charge is -1.57. The maximum atomic E-state index is 9.10. The Kier molecular flexibility index (Phi) is 3.11. The van der Waals surface area contributed by atoms with Crippen LogP contribution >= 0.6 is 0 Å². The second kappa shape index (κ2) is 3.85. The molecule has 0 atom stereocenters.